The number of alkyl carbamates (subject to hydrolysis) is 1. The van der Waals surface area contributed by atoms with Gasteiger partial charge in [-0.05, 0) is 32.3 Å². The van der Waals surface area contributed by atoms with Crippen molar-refractivity contribution in [3.63, 3.8) is 0 Å². The van der Waals surface area contributed by atoms with Crippen molar-refractivity contribution in [2.75, 3.05) is 12.4 Å². The summed E-state index contributed by atoms with van der Waals surface area (Å²) >= 11 is 2.61. The Kier molecular flexibility index (Phi) is 6.82. The lowest BCUT2D eigenvalue weighted by molar-refractivity contribution is -0.117. The van der Waals surface area contributed by atoms with Crippen LogP contribution >= 0.6 is 23.1 Å². The Morgan fingerprint density at radius 1 is 1.35 bits per heavy atom. The lowest BCUT2D eigenvalue weighted by Gasteiger charge is -2.14. The zero-order chi connectivity index (χ0) is 19.4. The van der Waals surface area contributed by atoms with E-state index in [1.54, 1.807) is 11.5 Å². The first kappa shape index (κ1) is 20.4. The topological polar surface area (TPSA) is 90.3 Å². The fourth-order valence-electron chi connectivity index (χ4n) is 2.39. The minimum absolute atomic E-state index is 0.0296. The van der Waals surface area contributed by atoms with Gasteiger partial charge in [0.1, 0.15) is 4.83 Å². The van der Waals surface area contributed by atoms with Crippen LogP contribution in [0.5, 0.6) is 0 Å². The highest BCUT2D eigenvalue weighted by Gasteiger charge is 2.18. The first-order valence-electron chi connectivity index (χ1n) is 8.34. The number of imide groups is 1. The maximum absolute atomic E-state index is 13.0. The molecule has 0 fully saturated rings. The highest BCUT2D eigenvalue weighted by Crippen LogP contribution is 2.28. The number of rotatable bonds is 6. The quantitative estimate of drug-likeness (QED) is 0.595. The molecule has 0 unspecified atom stereocenters. The molecule has 0 saturated heterocycles. The molecule has 2 heterocycles. The number of carbonyl (C=O) groups is 2. The zero-order valence-corrected chi connectivity index (χ0v) is 17.2. The molecule has 0 aliphatic carbocycles. The maximum atomic E-state index is 13.0. The second kappa shape index (κ2) is 8.68. The average molecular weight is 398 g/mol. The standard InChI is InChI=1S/C17H23N3O4S2/c1-6-24-17(23)18-12(21)8-25-16-19-14-13(10(4)11(5)26-14)15(22)20(16)7-9(2)3/h9H,6-8H2,1-5H3,(H,18,21,23). The number of thiophene rings is 1. The monoisotopic (exact) mass is 397 g/mol. The van der Waals surface area contributed by atoms with E-state index < -0.39 is 12.0 Å². The third kappa shape index (κ3) is 4.64. The van der Waals surface area contributed by atoms with Gasteiger partial charge in [0.2, 0.25) is 5.91 Å². The van der Waals surface area contributed by atoms with Crippen LogP contribution < -0.4 is 10.9 Å². The van der Waals surface area contributed by atoms with E-state index in [1.165, 1.54) is 11.3 Å². The number of hydrogen-bond donors (Lipinski definition) is 1. The lowest BCUT2D eigenvalue weighted by Crippen LogP contribution is -2.33. The summed E-state index contributed by atoms with van der Waals surface area (Å²) in [6, 6.07) is 0. The molecular weight excluding hydrogens is 374 g/mol. The molecule has 0 aliphatic rings. The number of hydrogen-bond acceptors (Lipinski definition) is 7. The third-order valence-corrected chi connectivity index (χ3v) is 5.73. The maximum Gasteiger partial charge on any atom is 0.413 e. The van der Waals surface area contributed by atoms with E-state index in [9.17, 15) is 14.4 Å². The van der Waals surface area contributed by atoms with E-state index >= 15 is 0 Å². The van der Waals surface area contributed by atoms with Crippen LogP contribution in [0.1, 0.15) is 31.2 Å². The molecule has 2 amide bonds. The molecule has 142 valence electrons. The lowest BCUT2D eigenvalue weighted by atomic mass is 10.2. The highest BCUT2D eigenvalue weighted by molar-refractivity contribution is 7.99. The number of ether oxygens (including phenoxy) is 1. The largest absolute Gasteiger partial charge is 0.450 e. The van der Waals surface area contributed by atoms with E-state index in [2.05, 4.69) is 15.0 Å². The van der Waals surface area contributed by atoms with Gasteiger partial charge in [-0.3, -0.25) is 19.5 Å². The highest BCUT2D eigenvalue weighted by atomic mass is 32.2. The number of carbonyl (C=O) groups excluding carboxylic acids is 2. The summed E-state index contributed by atoms with van der Waals surface area (Å²) in [6.45, 7) is 10.3. The normalized spacial score (nSPS) is 11.2. The van der Waals surface area contributed by atoms with Gasteiger partial charge in [0.05, 0.1) is 17.7 Å². The van der Waals surface area contributed by atoms with E-state index in [4.69, 9.17) is 0 Å². The van der Waals surface area contributed by atoms with Crippen LogP contribution in [0.3, 0.4) is 0 Å². The van der Waals surface area contributed by atoms with Crippen molar-refractivity contribution in [3.05, 3.63) is 20.8 Å². The molecule has 7 nitrogen and oxygen atoms in total. The molecule has 1 N–H and O–H groups in total. The number of amides is 2. The SMILES string of the molecule is CCOC(=O)NC(=O)CSc1nc2sc(C)c(C)c2c(=O)n1CC(C)C. The van der Waals surface area contributed by atoms with Crippen LogP contribution in [0.15, 0.2) is 9.95 Å². The van der Waals surface area contributed by atoms with Gasteiger partial charge in [0, 0.05) is 11.4 Å². The molecule has 0 radical (unpaired) electrons. The van der Waals surface area contributed by atoms with Gasteiger partial charge in [-0.25, -0.2) is 9.78 Å². The van der Waals surface area contributed by atoms with Gasteiger partial charge in [-0.15, -0.1) is 11.3 Å². The number of thioether (sulfide) groups is 1. The molecule has 0 spiro atoms. The van der Waals surface area contributed by atoms with E-state index in [1.807, 2.05) is 27.7 Å². The van der Waals surface area contributed by atoms with Gasteiger partial charge >= 0.3 is 6.09 Å². The third-order valence-electron chi connectivity index (χ3n) is 3.65. The molecule has 2 rings (SSSR count). The molecule has 2 aromatic rings. The number of nitrogens with zero attached hydrogens (tertiary/aromatic N) is 2. The fourth-order valence-corrected chi connectivity index (χ4v) is 4.27. The number of aryl methyl sites for hydroxylation is 2. The van der Waals surface area contributed by atoms with Crippen molar-refractivity contribution < 1.29 is 14.3 Å². The first-order chi connectivity index (χ1) is 12.2. The fraction of sp³-hybridized carbons (Fsp3) is 0.529. The van der Waals surface area contributed by atoms with Crippen molar-refractivity contribution in [3.8, 4) is 0 Å². The minimum Gasteiger partial charge on any atom is -0.450 e. The van der Waals surface area contributed by atoms with Gasteiger partial charge in [-0.1, -0.05) is 25.6 Å². The molecule has 0 bridgehead atoms. The summed E-state index contributed by atoms with van der Waals surface area (Å²) in [5.74, 6) is -0.268. The number of fused-ring (bicyclic) bond motifs is 1. The van der Waals surface area contributed by atoms with Crippen LogP contribution in [-0.2, 0) is 16.1 Å². The Morgan fingerprint density at radius 2 is 2.04 bits per heavy atom. The van der Waals surface area contributed by atoms with Crippen LogP contribution in [0.2, 0.25) is 0 Å². The summed E-state index contributed by atoms with van der Waals surface area (Å²) in [5.41, 5.74) is 0.871. The molecule has 0 atom stereocenters. The second-order valence-electron chi connectivity index (χ2n) is 6.22. The van der Waals surface area contributed by atoms with Gasteiger partial charge in [-0.2, -0.15) is 0 Å². The summed E-state index contributed by atoms with van der Waals surface area (Å²) in [5, 5.41) is 3.27. The van der Waals surface area contributed by atoms with Crippen molar-refractivity contribution in [1.82, 2.24) is 14.9 Å². The Balaban J connectivity index is 2.31. The van der Waals surface area contributed by atoms with Gasteiger partial charge in [0.25, 0.3) is 5.56 Å². The Bertz CT molecular complexity index is 886. The zero-order valence-electron chi connectivity index (χ0n) is 15.5. The smallest absolute Gasteiger partial charge is 0.413 e. The average Bonchev–Trinajstić information content (AvgIpc) is 2.83. The summed E-state index contributed by atoms with van der Waals surface area (Å²) in [6.07, 6.45) is -0.773. The molecule has 26 heavy (non-hydrogen) atoms. The summed E-state index contributed by atoms with van der Waals surface area (Å²) in [4.78, 5) is 42.5. The molecule has 0 aliphatic heterocycles. The molecule has 9 heteroatoms. The predicted molar refractivity (Wildman–Crippen MR) is 104 cm³/mol. The first-order valence-corrected chi connectivity index (χ1v) is 10.1. The summed E-state index contributed by atoms with van der Waals surface area (Å²) in [7, 11) is 0. The van der Waals surface area contributed by atoms with Gasteiger partial charge < -0.3 is 4.74 Å². The van der Waals surface area contributed by atoms with Crippen molar-refractivity contribution in [2.24, 2.45) is 5.92 Å². The van der Waals surface area contributed by atoms with Crippen molar-refractivity contribution in [1.29, 1.82) is 0 Å². The van der Waals surface area contributed by atoms with Crippen molar-refractivity contribution in [2.45, 2.75) is 46.3 Å². The number of nitrogens with one attached hydrogen (secondary N) is 1. The molecular formula is C17H23N3O4S2. The van der Waals surface area contributed by atoms with Crippen LogP contribution in [0.25, 0.3) is 10.2 Å². The molecule has 0 saturated carbocycles. The van der Waals surface area contributed by atoms with Gasteiger partial charge in [0.15, 0.2) is 5.16 Å². The second-order valence-corrected chi connectivity index (χ2v) is 8.37. The summed E-state index contributed by atoms with van der Waals surface area (Å²) < 4.78 is 6.30. The Hall–Kier alpha value is -1.87. The minimum atomic E-state index is -0.773. The van der Waals surface area contributed by atoms with Crippen LogP contribution in [0.4, 0.5) is 4.79 Å². The van der Waals surface area contributed by atoms with Crippen LogP contribution in [0, 0.1) is 19.8 Å². The predicted octanol–water partition coefficient (Wildman–Crippen LogP) is 3.10. The Morgan fingerprint density at radius 3 is 2.65 bits per heavy atom. The molecule has 0 aromatic carbocycles. The van der Waals surface area contributed by atoms with E-state index in [0.29, 0.717) is 21.9 Å². The van der Waals surface area contributed by atoms with E-state index in [0.717, 1.165) is 22.2 Å². The van der Waals surface area contributed by atoms with Crippen molar-refractivity contribution >= 4 is 45.3 Å². The number of aromatic nitrogens is 2. The Labute approximate surface area is 160 Å². The van der Waals surface area contributed by atoms with E-state index in [-0.39, 0.29) is 23.8 Å². The van der Waals surface area contributed by atoms with Crippen LogP contribution in [-0.4, -0.2) is 33.9 Å². The molecule has 2 aromatic heterocycles.